The predicted molar refractivity (Wildman–Crippen MR) is 101 cm³/mol. The van der Waals surface area contributed by atoms with Gasteiger partial charge in [0.15, 0.2) is 0 Å². The summed E-state index contributed by atoms with van der Waals surface area (Å²) in [5.74, 6) is 0. The van der Waals surface area contributed by atoms with Gasteiger partial charge in [-0.2, -0.15) is 0 Å². The molecule has 6 nitrogen and oxygen atoms in total. The minimum Gasteiger partial charge on any atom is -0.504 e. The fraction of sp³-hybridized carbons (Fsp3) is 0.105. The lowest BCUT2D eigenvalue weighted by Crippen LogP contribution is -2.18. The Balaban J connectivity index is 2.47. The minimum absolute atomic E-state index is 0.148. The van der Waals surface area contributed by atoms with Gasteiger partial charge in [0.1, 0.15) is 5.71 Å². The van der Waals surface area contributed by atoms with Gasteiger partial charge in [-0.3, -0.25) is 0 Å². The van der Waals surface area contributed by atoms with Gasteiger partial charge < -0.3 is 9.94 Å². The molecule has 0 fully saturated rings. The van der Waals surface area contributed by atoms with Crippen LogP contribution in [-0.2, 0) is 14.8 Å². The molecule has 3 rings (SSSR count). The van der Waals surface area contributed by atoms with E-state index in [0.29, 0.717) is 16.5 Å². The normalized spacial score (nSPS) is 12.8. The van der Waals surface area contributed by atoms with E-state index in [4.69, 9.17) is 4.74 Å². The molecule has 0 aliphatic rings. The second-order valence-corrected chi connectivity index (χ2v) is 7.37. The van der Waals surface area contributed by atoms with E-state index in [9.17, 15) is 13.6 Å². The second kappa shape index (κ2) is 7.05. The van der Waals surface area contributed by atoms with Crippen molar-refractivity contribution < 1.29 is 18.4 Å². The minimum atomic E-state index is -3.91. The second-order valence-electron chi connectivity index (χ2n) is 5.59. The topological polar surface area (TPSA) is 80.9 Å². The molecule has 0 spiro atoms. The van der Waals surface area contributed by atoms with Gasteiger partial charge in [-0.25, -0.2) is 12.4 Å². The molecule has 1 aromatic heterocycles. The maximum absolute atomic E-state index is 13.3. The average Bonchev–Trinajstić information content (AvgIpc) is 3.01. The van der Waals surface area contributed by atoms with Crippen LogP contribution in [0.2, 0.25) is 0 Å². The molecule has 0 saturated carbocycles. The standard InChI is InChI=1S/C19H18N2O4S/c1-14(20-22)19-17(12-13-25-2)16-10-6-7-11-18(16)21(19)26(23,24)15-8-4-3-5-9-15/h3-13,22H,1-2H3/b13-12+,20-14+. The Morgan fingerprint density at radius 1 is 1.12 bits per heavy atom. The molecule has 0 unspecified atom stereocenters. The van der Waals surface area contributed by atoms with Crippen LogP contribution in [0.4, 0.5) is 0 Å². The average molecular weight is 370 g/mol. The zero-order chi connectivity index (χ0) is 18.7. The zero-order valence-corrected chi connectivity index (χ0v) is 15.1. The molecule has 0 bridgehead atoms. The maximum atomic E-state index is 13.3. The molecular weight excluding hydrogens is 352 g/mol. The van der Waals surface area contributed by atoms with E-state index >= 15 is 0 Å². The van der Waals surface area contributed by atoms with E-state index < -0.39 is 10.0 Å². The van der Waals surface area contributed by atoms with Gasteiger partial charge in [-0.15, -0.1) is 0 Å². The highest BCUT2D eigenvalue weighted by Gasteiger charge is 2.27. The number of methoxy groups -OCH3 is 1. The number of fused-ring (bicyclic) bond motifs is 1. The SMILES string of the molecule is CO/C=C/c1c(/C(C)=N/O)n(S(=O)(=O)c2ccccc2)c2ccccc12. The number of para-hydroxylation sites is 1. The van der Waals surface area contributed by atoms with Crippen molar-refractivity contribution in [1.82, 2.24) is 3.97 Å². The van der Waals surface area contributed by atoms with Crippen molar-refractivity contribution in [2.45, 2.75) is 11.8 Å². The molecule has 1 heterocycles. The molecular formula is C19H18N2O4S. The summed E-state index contributed by atoms with van der Waals surface area (Å²) in [6.45, 7) is 1.55. The summed E-state index contributed by atoms with van der Waals surface area (Å²) in [6.07, 6.45) is 3.11. The van der Waals surface area contributed by atoms with Crippen molar-refractivity contribution >= 4 is 32.7 Å². The number of hydrogen-bond acceptors (Lipinski definition) is 5. The highest BCUT2D eigenvalue weighted by atomic mass is 32.2. The highest BCUT2D eigenvalue weighted by molar-refractivity contribution is 7.90. The molecule has 0 saturated heterocycles. The van der Waals surface area contributed by atoms with Crippen LogP contribution in [0, 0.1) is 0 Å². The van der Waals surface area contributed by atoms with Gasteiger partial charge >= 0.3 is 0 Å². The molecule has 1 N–H and O–H groups in total. The van der Waals surface area contributed by atoms with E-state index in [1.807, 2.05) is 12.1 Å². The lowest BCUT2D eigenvalue weighted by atomic mass is 10.1. The molecule has 0 aliphatic carbocycles. The van der Waals surface area contributed by atoms with Crippen molar-refractivity contribution in [3.8, 4) is 0 Å². The van der Waals surface area contributed by atoms with Gasteiger partial charge in [0.05, 0.1) is 29.5 Å². The van der Waals surface area contributed by atoms with Crippen molar-refractivity contribution in [2.24, 2.45) is 5.16 Å². The summed E-state index contributed by atoms with van der Waals surface area (Å²) in [5, 5.41) is 13.3. The van der Waals surface area contributed by atoms with E-state index in [-0.39, 0.29) is 16.3 Å². The fourth-order valence-electron chi connectivity index (χ4n) is 2.88. The van der Waals surface area contributed by atoms with Gasteiger partial charge in [0.25, 0.3) is 10.0 Å². The van der Waals surface area contributed by atoms with Crippen LogP contribution in [-0.4, -0.2) is 30.4 Å². The Labute approximate surface area is 151 Å². The van der Waals surface area contributed by atoms with Gasteiger partial charge in [-0.1, -0.05) is 41.6 Å². The first-order valence-corrected chi connectivity index (χ1v) is 9.28. The number of benzene rings is 2. The van der Waals surface area contributed by atoms with Gasteiger partial charge in [0, 0.05) is 10.9 Å². The number of nitrogens with zero attached hydrogens (tertiary/aromatic N) is 2. The molecule has 26 heavy (non-hydrogen) atoms. The Kier molecular flexibility index (Phi) is 4.81. The molecule has 3 aromatic rings. The monoisotopic (exact) mass is 370 g/mol. The van der Waals surface area contributed by atoms with E-state index in [0.717, 1.165) is 0 Å². The first-order chi connectivity index (χ1) is 12.5. The van der Waals surface area contributed by atoms with Crippen LogP contribution in [0.1, 0.15) is 18.2 Å². The Hall–Kier alpha value is -3.06. The van der Waals surface area contributed by atoms with Crippen LogP contribution < -0.4 is 0 Å². The summed E-state index contributed by atoms with van der Waals surface area (Å²) in [5.41, 5.74) is 1.55. The molecule has 0 aliphatic heterocycles. The van der Waals surface area contributed by atoms with Gasteiger partial charge in [0.2, 0.25) is 0 Å². The largest absolute Gasteiger partial charge is 0.504 e. The number of hydrogen-bond donors (Lipinski definition) is 1. The van der Waals surface area contributed by atoms with Crippen molar-refractivity contribution in [3.05, 3.63) is 72.1 Å². The quantitative estimate of drug-likeness (QED) is 0.321. The number of rotatable bonds is 5. The highest BCUT2D eigenvalue weighted by Crippen LogP contribution is 2.32. The Morgan fingerprint density at radius 3 is 2.42 bits per heavy atom. The molecule has 134 valence electrons. The Morgan fingerprint density at radius 2 is 1.77 bits per heavy atom. The third kappa shape index (κ3) is 2.86. The van der Waals surface area contributed by atoms with E-state index in [2.05, 4.69) is 5.16 Å². The van der Waals surface area contributed by atoms with E-state index in [1.165, 1.54) is 29.5 Å². The summed E-state index contributed by atoms with van der Waals surface area (Å²) in [7, 11) is -2.40. The van der Waals surface area contributed by atoms with Gasteiger partial charge in [-0.05, 0) is 31.2 Å². The third-order valence-corrected chi connectivity index (χ3v) is 5.74. The van der Waals surface area contributed by atoms with Crippen LogP contribution in [0.5, 0.6) is 0 Å². The third-order valence-electron chi connectivity index (χ3n) is 4.02. The molecule has 7 heteroatoms. The first-order valence-electron chi connectivity index (χ1n) is 7.84. The van der Waals surface area contributed by atoms with Crippen LogP contribution >= 0.6 is 0 Å². The molecule has 2 aromatic carbocycles. The summed E-state index contributed by atoms with van der Waals surface area (Å²) >= 11 is 0. The number of aromatic nitrogens is 1. The van der Waals surface area contributed by atoms with Crippen molar-refractivity contribution in [2.75, 3.05) is 7.11 Å². The lowest BCUT2D eigenvalue weighted by molar-refractivity contribution is 0.319. The maximum Gasteiger partial charge on any atom is 0.268 e. The van der Waals surface area contributed by atoms with Crippen molar-refractivity contribution in [3.63, 3.8) is 0 Å². The fourth-order valence-corrected chi connectivity index (χ4v) is 4.48. The van der Waals surface area contributed by atoms with E-state index in [1.54, 1.807) is 43.3 Å². The molecule has 0 atom stereocenters. The Bertz CT molecular complexity index is 1100. The summed E-state index contributed by atoms with van der Waals surface area (Å²) < 4.78 is 32.9. The van der Waals surface area contributed by atoms with Crippen LogP contribution in [0.3, 0.4) is 0 Å². The smallest absolute Gasteiger partial charge is 0.268 e. The zero-order valence-electron chi connectivity index (χ0n) is 14.3. The lowest BCUT2D eigenvalue weighted by Gasteiger charge is -2.12. The molecule has 0 amide bonds. The number of ether oxygens (including phenoxy) is 1. The number of oxime groups is 1. The van der Waals surface area contributed by atoms with Crippen molar-refractivity contribution in [1.29, 1.82) is 0 Å². The van der Waals surface area contributed by atoms with Crippen LogP contribution in [0.15, 0.2) is 70.9 Å². The first kappa shape index (κ1) is 17.8. The molecule has 0 radical (unpaired) electrons. The summed E-state index contributed by atoms with van der Waals surface area (Å²) in [4.78, 5) is 0.148. The predicted octanol–water partition coefficient (Wildman–Crippen LogP) is 3.69. The van der Waals surface area contributed by atoms with Crippen LogP contribution in [0.25, 0.3) is 17.0 Å². The summed E-state index contributed by atoms with van der Waals surface area (Å²) in [6, 6.07) is 15.3.